The Labute approximate surface area is 89.9 Å². The summed E-state index contributed by atoms with van der Waals surface area (Å²) in [7, 11) is 0. The maximum Gasteiger partial charge on any atom is 0.125 e. The molecule has 1 aliphatic rings. The number of nitrogens with zero attached hydrogens (tertiary/aromatic N) is 1. The molecule has 0 aliphatic carbocycles. The molecule has 0 saturated carbocycles. The number of nitrogen functional groups attached to an aromatic ring is 1. The summed E-state index contributed by atoms with van der Waals surface area (Å²) in [4.78, 5) is 2.20. The van der Waals surface area contributed by atoms with Crippen LogP contribution in [0.15, 0.2) is 18.2 Å². The summed E-state index contributed by atoms with van der Waals surface area (Å²) in [5.74, 6) is -0.220. The van der Waals surface area contributed by atoms with Crippen LogP contribution in [-0.2, 0) is 0 Å². The van der Waals surface area contributed by atoms with Crippen LogP contribution in [0.3, 0.4) is 0 Å². The summed E-state index contributed by atoms with van der Waals surface area (Å²) >= 11 is 0. The molecule has 1 fully saturated rings. The van der Waals surface area contributed by atoms with Crippen LogP contribution < -0.4 is 10.6 Å². The van der Waals surface area contributed by atoms with Gasteiger partial charge in [0.25, 0.3) is 0 Å². The Morgan fingerprint density at radius 2 is 2.13 bits per heavy atom. The van der Waals surface area contributed by atoms with Crippen molar-refractivity contribution in [1.82, 2.24) is 0 Å². The van der Waals surface area contributed by atoms with Crippen LogP contribution in [0.4, 0.5) is 15.8 Å². The van der Waals surface area contributed by atoms with Crippen LogP contribution in [0.2, 0.25) is 0 Å². The Hall–Kier alpha value is -1.25. The fourth-order valence-corrected chi connectivity index (χ4v) is 2.30. The lowest BCUT2D eigenvalue weighted by Crippen LogP contribution is -2.38. The van der Waals surface area contributed by atoms with E-state index in [1.807, 2.05) is 0 Å². The first-order valence-corrected chi connectivity index (χ1v) is 5.33. The lowest BCUT2D eigenvalue weighted by molar-refractivity contribution is 0.517. The van der Waals surface area contributed by atoms with Crippen LogP contribution in [0.5, 0.6) is 0 Å². The lowest BCUT2D eigenvalue weighted by Gasteiger charge is -2.34. The normalized spacial score (nSPS) is 19.5. The Bertz CT molecular complexity index is 374. The molecular weight excluding hydrogens is 191 g/mol. The van der Waals surface area contributed by atoms with E-state index in [1.54, 1.807) is 6.07 Å². The average molecular weight is 208 g/mol. The number of benzene rings is 1. The fraction of sp³-hybridized carbons (Fsp3) is 0.500. The Morgan fingerprint density at radius 1 is 1.40 bits per heavy atom. The second-order valence-electron chi connectivity index (χ2n) is 4.77. The molecule has 3 heteroatoms. The van der Waals surface area contributed by atoms with Gasteiger partial charge in [-0.3, -0.25) is 0 Å². The largest absolute Gasteiger partial charge is 0.397 e. The standard InChI is InChI=1S/C12H17FN2/c1-12(2)6-3-7-15(12)11-8-9(13)4-5-10(11)14/h4-5,8H,3,6-7,14H2,1-2H3. The molecule has 2 nitrogen and oxygen atoms in total. The van der Waals surface area contributed by atoms with Gasteiger partial charge in [0.2, 0.25) is 0 Å². The molecule has 0 spiro atoms. The van der Waals surface area contributed by atoms with E-state index in [9.17, 15) is 4.39 Å². The first-order valence-electron chi connectivity index (χ1n) is 5.33. The quantitative estimate of drug-likeness (QED) is 0.719. The highest BCUT2D eigenvalue weighted by molar-refractivity contribution is 5.69. The van der Waals surface area contributed by atoms with Gasteiger partial charge in [-0.2, -0.15) is 0 Å². The molecule has 0 unspecified atom stereocenters. The predicted molar refractivity (Wildman–Crippen MR) is 61.5 cm³/mol. The predicted octanol–water partition coefficient (Wildman–Crippen LogP) is 2.79. The van der Waals surface area contributed by atoms with Crippen molar-refractivity contribution in [2.45, 2.75) is 32.2 Å². The third-order valence-corrected chi connectivity index (χ3v) is 3.18. The lowest BCUT2D eigenvalue weighted by atomic mass is 10.0. The van der Waals surface area contributed by atoms with Crippen LogP contribution in [0.25, 0.3) is 0 Å². The van der Waals surface area contributed by atoms with Crippen molar-refractivity contribution in [2.24, 2.45) is 0 Å². The molecule has 82 valence electrons. The third kappa shape index (κ3) is 1.78. The summed E-state index contributed by atoms with van der Waals surface area (Å²) in [6.07, 6.45) is 2.27. The first-order chi connectivity index (χ1) is 7.00. The van der Waals surface area contributed by atoms with Gasteiger partial charge < -0.3 is 10.6 Å². The van der Waals surface area contributed by atoms with Crippen molar-refractivity contribution in [3.05, 3.63) is 24.0 Å². The zero-order valence-corrected chi connectivity index (χ0v) is 9.26. The van der Waals surface area contributed by atoms with Crippen LogP contribution >= 0.6 is 0 Å². The highest BCUT2D eigenvalue weighted by Gasteiger charge is 2.32. The van der Waals surface area contributed by atoms with Gasteiger partial charge in [-0.05, 0) is 44.9 Å². The van der Waals surface area contributed by atoms with E-state index in [0.29, 0.717) is 5.69 Å². The Morgan fingerprint density at radius 3 is 2.73 bits per heavy atom. The molecule has 0 bridgehead atoms. The van der Waals surface area contributed by atoms with Crippen LogP contribution in [0.1, 0.15) is 26.7 Å². The number of rotatable bonds is 1. The third-order valence-electron chi connectivity index (χ3n) is 3.18. The molecule has 0 radical (unpaired) electrons. The van der Waals surface area contributed by atoms with E-state index in [-0.39, 0.29) is 11.4 Å². The van der Waals surface area contributed by atoms with Crippen LogP contribution in [-0.4, -0.2) is 12.1 Å². The van der Waals surface area contributed by atoms with E-state index in [4.69, 9.17) is 5.73 Å². The molecule has 1 aliphatic heterocycles. The van der Waals surface area contributed by atoms with Gasteiger partial charge in [-0.15, -0.1) is 0 Å². The van der Waals surface area contributed by atoms with Gasteiger partial charge in [0.05, 0.1) is 11.4 Å². The fourth-order valence-electron chi connectivity index (χ4n) is 2.30. The van der Waals surface area contributed by atoms with E-state index in [2.05, 4.69) is 18.7 Å². The average Bonchev–Trinajstić information content (AvgIpc) is 2.50. The van der Waals surface area contributed by atoms with Crippen LogP contribution in [0, 0.1) is 5.82 Å². The minimum atomic E-state index is -0.220. The van der Waals surface area contributed by atoms with Crippen molar-refractivity contribution in [1.29, 1.82) is 0 Å². The van der Waals surface area contributed by atoms with Crippen molar-refractivity contribution < 1.29 is 4.39 Å². The number of nitrogens with two attached hydrogens (primary N) is 1. The van der Waals surface area contributed by atoms with Gasteiger partial charge >= 0.3 is 0 Å². The SMILES string of the molecule is CC1(C)CCCN1c1cc(F)ccc1N. The zero-order valence-electron chi connectivity index (χ0n) is 9.26. The Balaban J connectivity index is 2.40. The molecule has 0 amide bonds. The van der Waals surface area contributed by atoms with E-state index in [0.717, 1.165) is 25.1 Å². The molecule has 1 heterocycles. The summed E-state index contributed by atoms with van der Waals surface area (Å²) in [5, 5.41) is 0. The number of anilines is 2. The van der Waals surface area contributed by atoms with Gasteiger partial charge in [-0.1, -0.05) is 0 Å². The van der Waals surface area contributed by atoms with E-state index < -0.39 is 0 Å². The van der Waals surface area contributed by atoms with Crippen molar-refractivity contribution >= 4 is 11.4 Å². The molecule has 1 aromatic carbocycles. The van der Waals surface area contributed by atoms with E-state index in [1.165, 1.54) is 12.1 Å². The van der Waals surface area contributed by atoms with Gasteiger partial charge in [0, 0.05) is 12.1 Å². The minimum Gasteiger partial charge on any atom is -0.397 e. The first kappa shape index (κ1) is 10.3. The summed E-state index contributed by atoms with van der Waals surface area (Å²) in [5.41, 5.74) is 7.46. The molecule has 1 aromatic rings. The number of hydrogen-bond acceptors (Lipinski definition) is 2. The van der Waals surface area contributed by atoms with Gasteiger partial charge in [0.15, 0.2) is 0 Å². The highest BCUT2D eigenvalue weighted by Crippen LogP contribution is 2.36. The summed E-state index contributed by atoms with van der Waals surface area (Å²) in [6, 6.07) is 4.57. The maximum absolute atomic E-state index is 13.2. The second kappa shape index (κ2) is 3.40. The molecule has 2 rings (SSSR count). The highest BCUT2D eigenvalue weighted by atomic mass is 19.1. The minimum absolute atomic E-state index is 0.0852. The summed E-state index contributed by atoms with van der Waals surface area (Å²) < 4.78 is 13.2. The number of halogens is 1. The number of hydrogen-bond donors (Lipinski definition) is 1. The molecule has 1 saturated heterocycles. The van der Waals surface area contributed by atoms with E-state index >= 15 is 0 Å². The summed E-state index contributed by atoms with van der Waals surface area (Å²) in [6.45, 7) is 5.30. The van der Waals surface area contributed by atoms with Crippen molar-refractivity contribution in [3.8, 4) is 0 Å². The molecule has 0 aromatic heterocycles. The van der Waals surface area contributed by atoms with Crippen molar-refractivity contribution in [3.63, 3.8) is 0 Å². The van der Waals surface area contributed by atoms with Gasteiger partial charge in [-0.25, -0.2) is 4.39 Å². The van der Waals surface area contributed by atoms with Gasteiger partial charge in [0.1, 0.15) is 5.82 Å². The second-order valence-corrected chi connectivity index (χ2v) is 4.77. The zero-order chi connectivity index (χ0) is 11.1. The maximum atomic E-state index is 13.2. The molecule has 0 atom stereocenters. The molecular formula is C12H17FN2. The van der Waals surface area contributed by atoms with Crippen molar-refractivity contribution in [2.75, 3.05) is 17.2 Å². The monoisotopic (exact) mass is 208 g/mol. The smallest absolute Gasteiger partial charge is 0.125 e. The molecule has 15 heavy (non-hydrogen) atoms. The molecule has 2 N–H and O–H groups in total. The topological polar surface area (TPSA) is 29.3 Å². The Kier molecular flexibility index (Phi) is 2.33.